The Bertz CT molecular complexity index is 1100. The van der Waals surface area contributed by atoms with Crippen LogP contribution in [0.25, 0.3) is 21.6 Å². The van der Waals surface area contributed by atoms with Gasteiger partial charge in [0.2, 0.25) is 0 Å². The van der Waals surface area contributed by atoms with Gasteiger partial charge in [0.25, 0.3) is 0 Å². The molecule has 0 spiro atoms. The highest BCUT2D eigenvalue weighted by Gasteiger charge is 2.19. The molecule has 1 aliphatic rings. The number of hydrogen-bond donors (Lipinski definition) is 1. The standard InChI is InChI=1S/C28H29N3S/c1-3-7-22(8-4-1)21-31-17-15-26(16-18-31)29-20-28-30-19-27(32-28)25-13-11-24(12-14-25)23-9-5-2-6-10-23/h1-14,19,26,29H,15-18,20-21H2. The second kappa shape index (κ2) is 10.2. The zero-order valence-corrected chi connectivity index (χ0v) is 19.1. The number of piperidine rings is 1. The molecular formula is C28H29N3S. The molecule has 1 aliphatic heterocycles. The van der Waals surface area contributed by atoms with E-state index >= 15 is 0 Å². The lowest BCUT2D eigenvalue weighted by Crippen LogP contribution is -2.41. The molecule has 162 valence electrons. The van der Waals surface area contributed by atoms with Crippen LogP contribution in [0.5, 0.6) is 0 Å². The van der Waals surface area contributed by atoms with E-state index in [1.165, 1.54) is 45.0 Å². The summed E-state index contributed by atoms with van der Waals surface area (Å²) in [6.07, 6.45) is 4.42. The van der Waals surface area contributed by atoms with Gasteiger partial charge in [-0.3, -0.25) is 4.90 Å². The molecule has 0 saturated carbocycles. The van der Waals surface area contributed by atoms with E-state index in [2.05, 4.69) is 100 Å². The maximum absolute atomic E-state index is 4.67. The maximum Gasteiger partial charge on any atom is 0.107 e. The van der Waals surface area contributed by atoms with Crippen molar-refractivity contribution < 1.29 is 0 Å². The van der Waals surface area contributed by atoms with Gasteiger partial charge < -0.3 is 5.32 Å². The summed E-state index contributed by atoms with van der Waals surface area (Å²) in [5, 5.41) is 4.90. The number of nitrogens with zero attached hydrogens (tertiary/aromatic N) is 2. The first-order valence-electron chi connectivity index (χ1n) is 11.4. The Balaban J connectivity index is 1.11. The minimum atomic E-state index is 0.583. The minimum Gasteiger partial charge on any atom is -0.308 e. The summed E-state index contributed by atoms with van der Waals surface area (Å²) in [5.41, 5.74) is 5.15. The first-order chi connectivity index (χ1) is 15.8. The third-order valence-electron chi connectivity index (χ3n) is 6.21. The third kappa shape index (κ3) is 5.33. The van der Waals surface area contributed by atoms with Crippen LogP contribution in [-0.2, 0) is 13.1 Å². The molecule has 32 heavy (non-hydrogen) atoms. The zero-order chi connectivity index (χ0) is 21.6. The molecule has 1 aromatic heterocycles. The molecule has 3 nitrogen and oxygen atoms in total. The van der Waals surface area contributed by atoms with Crippen molar-refractivity contribution in [3.05, 3.63) is 102 Å². The molecule has 1 fully saturated rings. The van der Waals surface area contributed by atoms with Crippen LogP contribution in [0.2, 0.25) is 0 Å². The van der Waals surface area contributed by atoms with Gasteiger partial charge in [-0.2, -0.15) is 0 Å². The Hall–Kier alpha value is -2.79. The van der Waals surface area contributed by atoms with Crippen LogP contribution >= 0.6 is 11.3 Å². The van der Waals surface area contributed by atoms with E-state index in [-0.39, 0.29) is 0 Å². The van der Waals surface area contributed by atoms with Crippen molar-refractivity contribution >= 4 is 11.3 Å². The molecule has 4 aromatic rings. The quantitative estimate of drug-likeness (QED) is 0.370. The third-order valence-corrected chi connectivity index (χ3v) is 7.26. The highest BCUT2D eigenvalue weighted by Crippen LogP contribution is 2.29. The Labute approximate surface area is 194 Å². The largest absolute Gasteiger partial charge is 0.308 e. The molecule has 0 unspecified atom stereocenters. The molecule has 5 rings (SSSR count). The van der Waals surface area contributed by atoms with E-state index < -0.39 is 0 Å². The van der Waals surface area contributed by atoms with Crippen LogP contribution in [0, 0.1) is 0 Å². The lowest BCUT2D eigenvalue weighted by atomic mass is 10.0. The van der Waals surface area contributed by atoms with Crippen molar-refractivity contribution in [1.29, 1.82) is 0 Å². The highest BCUT2D eigenvalue weighted by atomic mass is 32.1. The molecular weight excluding hydrogens is 410 g/mol. The van der Waals surface area contributed by atoms with Gasteiger partial charge >= 0.3 is 0 Å². The molecule has 0 aliphatic carbocycles. The first-order valence-corrected chi connectivity index (χ1v) is 12.3. The molecule has 0 amide bonds. The summed E-state index contributed by atoms with van der Waals surface area (Å²) in [6, 6.07) is 30.7. The first kappa shape index (κ1) is 21.1. The molecule has 0 radical (unpaired) electrons. The number of aromatic nitrogens is 1. The van der Waals surface area contributed by atoms with E-state index in [4.69, 9.17) is 0 Å². The Morgan fingerprint density at radius 1 is 0.781 bits per heavy atom. The number of likely N-dealkylation sites (tertiary alicyclic amines) is 1. The van der Waals surface area contributed by atoms with Crippen molar-refractivity contribution in [2.75, 3.05) is 13.1 Å². The fraction of sp³-hybridized carbons (Fsp3) is 0.250. The van der Waals surface area contributed by atoms with Crippen LogP contribution in [0.1, 0.15) is 23.4 Å². The SMILES string of the molecule is c1ccc(CN2CCC(NCc3ncc(-c4ccc(-c5ccccc5)cc4)s3)CC2)cc1. The number of thiazole rings is 1. The lowest BCUT2D eigenvalue weighted by Gasteiger charge is -2.32. The number of benzene rings is 3. The predicted octanol–water partition coefficient (Wildman–Crippen LogP) is 6.23. The molecule has 1 saturated heterocycles. The average molecular weight is 440 g/mol. The van der Waals surface area contributed by atoms with Gasteiger partial charge in [-0.25, -0.2) is 4.98 Å². The summed E-state index contributed by atoms with van der Waals surface area (Å²) in [6.45, 7) is 4.23. The van der Waals surface area contributed by atoms with Gasteiger partial charge in [0.1, 0.15) is 5.01 Å². The molecule has 0 bridgehead atoms. The van der Waals surface area contributed by atoms with Gasteiger partial charge in [0, 0.05) is 25.3 Å². The highest BCUT2D eigenvalue weighted by molar-refractivity contribution is 7.15. The fourth-order valence-corrected chi connectivity index (χ4v) is 5.23. The lowest BCUT2D eigenvalue weighted by molar-refractivity contribution is 0.190. The van der Waals surface area contributed by atoms with Crippen molar-refractivity contribution in [2.24, 2.45) is 0 Å². The second-order valence-electron chi connectivity index (χ2n) is 8.48. The Morgan fingerprint density at radius 3 is 2.12 bits per heavy atom. The molecule has 4 heteroatoms. The summed E-state index contributed by atoms with van der Waals surface area (Å²) in [4.78, 5) is 8.47. The predicted molar refractivity (Wildman–Crippen MR) is 135 cm³/mol. The van der Waals surface area contributed by atoms with E-state index in [0.717, 1.165) is 26.2 Å². The van der Waals surface area contributed by atoms with Crippen LogP contribution in [-0.4, -0.2) is 29.0 Å². The molecule has 0 atom stereocenters. The fourth-order valence-electron chi connectivity index (χ4n) is 4.35. The van der Waals surface area contributed by atoms with E-state index in [0.29, 0.717) is 6.04 Å². The Kier molecular flexibility index (Phi) is 6.73. The van der Waals surface area contributed by atoms with Gasteiger partial charge in [0.15, 0.2) is 0 Å². The average Bonchev–Trinajstić information content (AvgIpc) is 3.34. The monoisotopic (exact) mass is 439 g/mol. The molecule has 3 aromatic carbocycles. The minimum absolute atomic E-state index is 0.583. The van der Waals surface area contributed by atoms with E-state index in [1.54, 1.807) is 11.3 Å². The van der Waals surface area contributed by atoms with Gasteiger partial charge in [-0.05, 0) is 48.2 Å². The normalized spacial score (nSPS) is 15.1. The summed E-state index contributed by atoms with van der Waals surface area (Å²) in [5.74, 6) is 0. The molecule has 1 N–H and O–H groups in total. The van der Waals surface area contributed by atoms with Gasteiger partial charge in [-0.1, -0.05) is 84.9 Å². The summed E-state index contributed by atoms with van der Waals surface area (Å²) >= 11 is 1.79. The molecule has 2 heterocycles. The number of hydrogen-bond acceptors (Lipinski definition) is 4. The number of rotatable bonds is 7. The summed E-state index contributed by atoms with van der Waals surface area (Å²) in [7, 11) is 0. The van der Waals surface area contributed by atoms with Crippen LogP contribution in [0.3, 0.4) is 0 Å². The van der Waals surface area contributed by atoms with Crippen molar-refractivity contribution in [3.63, 3.8) is 0 Å². The van der Waals surface area contributed by atoms with E-state index in [9.17, 15) is 0 Å². The van der Waals surface area contributed by atoms with Crippen molar-refractivity contribution in [1.82, 2.24) is 15.2 Å². The van der Waals surface area contributed by atoms with Crippen LogP contribution in [0.15, 0.2) is 91.1 Å². The Morgan fingerprint density at radius 2 is 1.41 bits per heavy atom. The van der Waals surface area contributed by atoms with Crippen LogP contribution < -0.4 is 5.32 Å². The van der Waals surface area contributed by atoms with Gasteiger partial charge in [0.05, 0.1) is 4.88 Å². The topological polar surface area (TPSA) is 28.2 Å². The van der Waals surface area contributed by atoms with Gasteiger partial charge in [-0.15, -0.1) is 11.3 Å². The second-order valence-corrected chi connectivity index (χ2v) is 9.59. The zero-order valence-electron chi connectivity index (χ0n) is 18.3. The maximum atomic E-state index is 4.67. The smallest absolute Gasteiger partial charge is 0.107 e. The number of nitrogens with one attached hydrogen (secondary N) is 1. The van der Waals surface area contributed by atoms with Crippen LogP contribution in [0.4, 0.5) is 0 Å². The van der Waals surface area contributed by atoms with Crippen molar-refractivity contribution in [2.45, 2.75) is 32.0 Å². The van der Waals surface area contributed by atoms with E-state index in [1.807, 2.05) is 6.20 Å². The van der Waals surface area contributed by atoms with Crippen molar-refractivity contribution in [3.8, 4) is 21.6 Å². The summed E-state index contributed by atoms with van der Waals surface area (Å²) < 4.78 is 0.